The predicted molar refractivity (Wildman–Crippen MR) is 117 cm³/mol. The van der Waals surface area contributed by atoms with Crippen molar-refractivity contribution in [3.05, 3.63) is 54.0 Å². The van der Waals surface area contributed by atoms with E-state index in [-0.39, 0.29) is 0 Å². The van der Waals surface area contributed by atoms with Crippen molar-refractivity contribution in [3.63, 3.8) is 0 Å². The predicted octanol–water partition coefficient (Wildman–Crippen LogP) is 3.60. The molecule has 0 bridgehead atoms. The topological polar surface area (TPSA) is 50.4 Å². The van der Waals surface area contributed by atoms with Crippen molar-refractivity contribution in [2.75, 3.05) is 20.6 Å². The monoisotopic (exact) mass is 380 g/mol. The number of aliphatic imine (C=N–C) groups is 1. The molecule has 1 aromatic carbocycles. The zero-order valence-corrected chi connectivity index (χ0v) is 17.7. The Morgan fingerprint density at radius 2 is 2.04 bits per heavy atom. The molecule has 0 radical (unpaired) electrons. The first-order valence-electron chi connectivity index (χ1n) is 9.97. The molecule has 6 heteroatoms. The minimum absolute atomic E-state index is 0.413. The molecule has 28 heavy (non-hydrogen) atoms. The number of nitrogens with zero attached hydrogens (tertiary/aromatic N) is 5. The highest BCUT2D eigenvalue weighted by atomic mass is 15.3. The number of rotatable bonds is 7. The first kappa shape index (κ1) is 20.0. The van der Waals surface area contributed by atoms with Crippen LogP contribution in [0.15, 0.2) is 47.7 Å². The van der Waals surface area contributed by atoms with E-state index in [0.717, 1.165) is 37.7 Å². The molecule has 0 spiro atoms. The molecule has 2 aromatic heterocycles. The van der Waals surface area contributed by atoms with Gasteiger partial charge in [-0.1, -0.05) is 32.0 Å². The fourth-order valence-corrected chi connectivity index (χ4v) is 3.66. The fourth-order valence-electron chi connectivity index (χ4n) is 3.66. The molecule has 0 aliphatic carbocycles. The van der Waals surface area contributed by atoms with E-state index in [0.29, 0.717) is 5.92 Å². The van der Waals surface area contributed by atoms with E-state index in [4.69, 9.17) is 0 Å². The lowest BCUT2D eigenvalue weighted by Crippen LogP contribution is -2.39. The van der Waals surface area contributed by atoms with Crippen LogP contribution >= 0.6 is 0 Å². The van der Waals surface area contributed by atoms with E-state index in [2.05, 4.69) is 88.5 Å². The molecule has 0 atom stereocenters. The Labute approximate surface area is 167 Å². The first-order valence-corrected chi connectivity index (χ1v) is 9.97. The molecule has 0 amide bonds. The van der Waals surface area contributed by atoms with Gasteiger partial charge in [-0.15, -0.1) is 0 Å². The average Bonchev–Trinajstić information content (AvgIpc) is 3.25. The van der Waals surface area contributed by atoms with Gasteiger partial charge in [0.1, 0.15) is 0 Å². The largest absolute Gasteiger partial charge is 0.356 e. The Morgan fingerprint density at radius 1 is 1.25 bits per heavy atom. The smallest absolute Gasteiger partial charge is 0.193 e. The van der Waals surface area contributed by atoms with Gasteiger partial charge in [-0.05, 0) is 29.9 Å². The van der Waals surface area contributed by atoms with Crippen molar-refractivity contribution >= 4 is 16.9 Å². The number of fused-ring (bicyclic) bond motifs is 1. The summed E-state index contributed by atoms with van der Waals surface area (Å²) in [5.74, 6) is 1.33. The van der Waals surface area contributed by atoms with Crippen LogP contribution in [0.1, 0.15) is 37.4 Å². The molecule has 3 aromatic rings. The molecule has 0 aliphatic rings. The lowest BCUT2D eigenvalue weighted by Gasteiger charge is -2.22. The maximum absolute atomic E-state index is 4.60. The number of hydrogen-bond acceptors (Lipinski definition) is 2. The fraction of sp³-hybridized carbons (Fsp3) is 0.455. The second-order valence-corrected chi connectivity index (χ2v) is 7.62. The van der Waals surface area contributed by atoms with Crippen LogP contribution in [-0.4, -0.2) is 45.8 Å². The van der Waals surface area contributed by atoms with Crippen LogP contribution in [0.3, 0.4) is 0 Å². The summed E-state index contributed by atoms with van der Waals surface area (Å²) in [5.41, 5.74) is 3.70. The number of para-hydroxylation sites is 1. The van der Waals surface area contributed by atoms with E-state index in [1.165, 1.54) is 16.5 Å². The molecule has 1 N–H and O–H groups in total. The van der Waals surface area contributed by atoms with Gasteiger partial charge < -0.3 is 14.8 Å². The van der Waals surface area contributed by atoms with Crippen LogP contribution in [0.4, 0.5) is 0 Å². The Hall–Kier alpha value is -2.76. The van der Waals surface area contributed by atoms with Crippen LogP contribution in [0.25, 0.3) is 10.9 Å². The quantitative estimate of drug-likeness (QED) is 0.387. The van der Waals surface area contributed by atoms with Crippen molar-refractivity contribution in [2.24, 2.45) is 12.0 Å². The third kappa shape index (κ3) is 4.55. The Bertz CT molecular complexity index is 934. The van der Waals surface area contributed by atoms with Crippen molar-refractivity contribution in [1.29, 1.82) is 0 Å². The molecule has 0 aliphatic heterocycles. The highest BCUT2D eigenvalue weighted by molar-refractivity contribution is 5.80. The van der Waals surface area contributed by atoms with Crippen LogP contribution < -0.4 is 5.32 Å². The molecule has 3 rings (SSSR count). The minimum atomic E-state index is 0.413. The standard InChI is InChI=1S/C22H32N6/c1-17(2)21-19(16-27(5)25-21)15-26(4)22(23-3)24-12-8-13-28-14-11-18-9-6-7-10-20(18)28/h6-7,9-11,14,16-17H,8,12-13,15H2,1-5H3,(H,23,24). The van der Waals surface area contributed by atoms with Gasteiger partial charge in [-0.3, -0.25) is 9.67 Å². The Morgan fingerprint density at radius 3 is 2.79 bits per heavy atom. The lowest BCUT2D eigenvalue weighted by molar-refractivity contribution is 0.470. The Kier molecular flexibility index (Phi) is 6.39. The minimum Gasteiger partial charge on any atom is -0.356 e. The van der Waals surface area contributed by atoms with E-state index in [1.54, 1.807) is 0 Å². The van der Waals surface area contributed by atoms with Crippen LogP contribution in [0.5, 0.6) is 0 Å². The second kappa shape index (κ2) is 8.95. The highest BCUT2D eigenvalue weighted by Gasteiger charge is 2.15. The highest BCUT2D eigenvalue weighted by Crippen LogP contribution is 2.18. The van der Waals surface area contributed by atoms with E-state index in [9.17, 15) is 0 Å². The van der Waals surface area contributed by atoms with Crippen molar-refractivity contribution in [1.82, 2.24) is 24.6 Å². The third-order valence-electron chi connectivity index (χ3n) is 5.00. The van der Waals surface area contributed by atoms with Crippen molar-refractivity contribution < 1.29 is 0 Å². The summed E-state index contributed by atoms with van der Waals surface area (Å²) in [5, 5.41) is 9.39. The average molecular weight is 381 g/mol. The maximum atomic E-state index is 4.60. The van der Waals surface area contributed by atoms with Gasteiger partial charge in [-0.2, -0.15) is 5.10 Å². The molecule has 0 saturated carbocycles. The number of hydrogen-bond donors (Lipinski definition) is 1. The summed E-state index contributed by atoms with van der Waals surface area (Å²) in [6, 6.07) is 10.7. The normalized spacial score (nSPS) is 12.1. The third-order valence-corrected chi connectivity index (χ3v) is 5.00. The second-order valence-electron chi connectivity index (χ2n) is 7.62. The zero-order valence-electron chi connectivity index (χ0n) is 17.7. The SMILES string of the molecule is CN=C(NCCCn1ccc2ccccc21)N(C)Cc1cn(C)nc1C(C)C. The number of guanidine groups is 1. The summed E-state index contributed by atoms with van der Waals surface area (Å²) >= 11 is 0. The van der Waals surface area contributed by atoms with E-state index >= 15 is 0 Å². The summed E-state index contributed by atoms with van der Waals surface area (Å²) in [7, 11) is 5.89. The van der Waals surface area contributed by atoms with Crippen molar-refractivity contribution in [2.45, 2.75) is 39.3 Å². The summed E-state index contributed by atoms with van der Waals surface area (Å²) in [4.78, 5) is 6.61. The molecule has 6 nitrogen and oxygen atoms in total. The molecule has 0 unspecified atom stereocenters. The first-order chi connectivity index (χ1) is 13.5. The Balaban J connectivity index is 1.53. The number of aromatic nitrogens is 3. The van der Waals surface area contributed by atoms with Crippen LogP contribution in [0, 0.1) is 0 Å². The van der Waals surface area contributed by atoms with Crippen LogP contribution in [0.2, 0.25) is 0 Å². The zero-order chi connectivity index (χ0) is 20.1. The van der Waals surface area contributed by atoms with Gasteiger partial charge in [0.15, 0.2) is 5.96 Å². The molecule has 0 saturated heterocycles. The van der Waals surface area contributed by atoms with Crippen molar-refractivity contribution in [3.8, 4) is 0 Å². The molecule has 2 heterocycles. The summed E-state index contributed by atoms with van der Waals surface area (Å²) in [6.45, 7) is 7.03. The summed E-state index contributed by atoms with van der Waals surface area (Å²) < 4.78 is 4.21. The molecule has 150 valence electrons. The molecular formula is C22H32N6. The van der Waals surface area contributed by atoms with Gasteiger partial charge >= 0.3 is 0 Å². The van der Waals surface area contributed by atoms with Gasteiger partial charge in [0.05, 0.1) is 5.69 Å². The van der Waals surface area contributed by atoms with Gasteiger partial charge in [0.2, 0.25) is 0 Å². The lowest BCUT2D eigenvalue weighted by atomic mass is 10.1. The van der Waals surface area contributed by atoms with Crippen LogP contribution in [-0.2, 0) is 20.1 Å². The summed E-state index contributed by atoms with van der Waals surface area (Å²) in [6.07, 6.45) is 5.31. The number of aryl methyl sites for hydroxylation is 2. The molecule has 0 fully saturated rings. The van der Waals surface area contributed by atoms with E-state index < -0.39 is 0 Å². The molecular weight excluding hydrogens is 348 g/mol. The van der Waals surface area contributed by atoms with Gasteiger partial charge in [0, 0.05) is 64.3 Å². The van der Waals surface area contributed by atoms with E-state index in [1.807, 2.05) is 18.8 Å². The van der Waals surface area contributed by atoms with Gasteiger partial charge in [-0.25, -0.2) is 0 Å². The number of nitrogens with one attached hydrogen (secondary N) is 1. The van der Waals surface area contributed by atoms with Gasteiger partial charge in [0.25, 0.3) is 0 Å². The maximum Gasteiger partial charge on any atom is 0.193 e. The number of benzene rings is 1.